The normalized spacial score (nSPS) is 13.5. The highest BCUT2D eigenvalue weighted by Gasteiger charge is 2.34. The lowest BCUT2D eigenvalue weighted by molar-refractivity contribution is 0.0651. The third-order valence-electron chi connectivity index (χ3n) is 4.79. The lowest BCUT2D eigenvalue weighted by Gasteiger charge is -2.13. The van der Waals surface area contributed by atoms with Crippen molar-refractivity contribution in [1.82, 2.24) is 24.7 Å². The molecule has 0 spiro atoms. The molecule has 1 aliphatic rings. The van der Waals surface area contributed by atoms with E-state index in [0.29, 0.717) is 28.3 Å². The third kappa shape index (κ3) is 3.33. The molecular formula is C19H19N5O3S. The SMILES string of the molecule is Cc1nnc2sc(CCCCCCN3C(=O)c4ccccc4C3=O)nn2c1=O. The molecular weight excluding hydrogens is 378 g/mol. The van der Waals surface area contributed by atoms with Crippen LogP contribution >= 0.6 is 11.3 Å². The van der Waals surface area contributed by atoms with E-state index in [-0.39, 0.29) is 17.4 Å². The molecule has 0 N–H and O–H groups in total. The summed E-state index contributed by atoms with van der Waals surface area (Å²) in [7, 11) is 0. The Morgan fingerprint density at radius 3 is 2.32 bits per heavy atom. The molecule has 4 rings (SSSR count). The Labute approximate surface area is 164 Å². The van der Waals surface area contributed by atoms with E-state index in [0.717, 1.165) is 37.1 Å². The number of imide groups is 1. The van der Waals surface area contributed by atoms with Gasteiger partial charge in [-0.2, -0.15) is 9.61 Å². The second-order valence-electron chi connectivity index (χ2n) is 6.75. The van der Waals surface area contributed by atoms with Gasteiger partial charge in [0.05, 0.1) is 11.1 Å². The van der Waals surface area contributed by atoms with Crippen LogP contribution in [0.15, 0.2) is 29.1 Å². The average Bonchev–Trinajstić information content (AvgIpc) is 3.22. The molecule has 3 heterocycles. The summed E-state index contributed by atoms with van der Waals surface area (Å²) in [6.07, 6.45) is 4.33. The molecule has 0 bridgehead atoms. The molecule has 3 aromatic rings. The minimum absolute atomic E-state index is 0.197. The molecule has 28 heavy (non-hydrogen) atoms. The Hall–Kier alpha value is -2.94. The molecule has 0 aliphatic carbocycles. The Morgan fingerprint density at radius 2 is 1.61 bits per heavy atom. The summed E-state index contributed by atoms with van der Waals surface area (Å²) in [5, 5.41) is 13.0. The highest BCUT2D eigenvalue weighted by atomic mass is 32.1. The predicted octanol–water partition coefficient (Wildman–Crippen LogP) is 2.25. The van der Waals surface area contributed by atoms with Gasteiger partial charge in [0, 0.05) is 13.0 Å². The van der Waals surface area contributed by atoms with E-state index in [2.05, 4.69) is 15.3 Å². The summed E-state index contributed by atoms with van der Waals surface area (Å²) in [6, 6.07) is 6.95. The van der Waals surface area contributed by atoms with Gasteiger partial charge in [0.1, 0.15) is 10.7 Å². The fraction of sp³-hybridized carbons (Fsp3) is 0.368. The second kappa shape index (κ2) is 7.59. The zero-order chi connectivity index (χ0) is 19.7. The van der Waals surface area contributed by atoms with Crippen LogP contribution in [0.4, 0.5) is 0 Å². The molecule has 1 aliphatic heterocycles. The van der Waals surface area contributed by atoms with Gasteiger partial charge in [-0.15, -0.1) is 10.2 Å². The molecule has 0 radical (unpaired) electrons. The first-order valence-electron chi connectivity index (χ1n) is 9.23. The summed E-state index contributed by atoms with van der Waals surface area (Å²) in [5.41, 5.74) is 1.10. The van der Waals surface area contributed by atoms with Crippen LogP contribution in [0.1, 0.15) is 57.1 Å². The summed E-state index contributed by atoms with van der Waals surface area (Å²) in [5.74, 6) is -0.395. The summed E-state index contributed by atoms with van der Waals surface area (Å²) >= 11 is 1.38. The molecule has 0 unspecified atom stereocenters. The Balaban J connectivity index is 1.24. The fourth-order valence-corrected chi connectivity index (χ4v) is 4.15. The minimum atomic E-state index is -0.228. The monoisotopic (exact) mass is 397 g/mol. The average molecular weight is 397 g/mol. The highest BCUT2D eigenvalue weighted by Crippen LogP contribution is 2.23. The zero-order valence-corrected chi connectivity index (χ0v) is 16.2. The number of rotatable bonds is 7. The van der Waals surface area contributed by atoms with Gasteiger partial charge in [0.2, 0.25) is 4.96 Å². The first-order chi connectivity index (χ1) is 13.6. The Bertz CT molecular complexity index is 1090. The summed E-state index contributed by atoms with van der Waals surface area (Å²) < 4.78 is 1.31. The highest BCUT2D eigenvalue weighted by molar-refractivity contribution is 7.16. The van der Waals surface area contributed by atoms with Gasteiger partial charge in [-0.25, -0.2) is 0 Å². The molecule has 144 valence electrons. The van der Waals surface area contributed by atoms with Crippen LogP contribution in [0.25, 0.3) is 4.96 Å². The number of unbranched alkanes of at least 4 members (excludes halogenated alkanes) is 3. The lowest BCUT2D eigenvalue weighted by atomic mass is 10.1. The molecule has 2 aromatic heterocycles. The van der Waals surface area contributed by atoms with Crippen LogP contribution < -0.4 is 5.56 Å². The topological polar surface area (TPSA) is 97.5 Å². The first-order valence-corrected chi connectivity index (χ1v) is 10.0. The van der Waals surface area contributed by atoms with E-state index in [1.54, 1.807) is 31.2 Å². The number of aryl methyl sites for hydroxylation is 2. The number of amides is 2. The van der Waals surface area contributed by atoms with Crippen molar-refractivity contribution in [3.05, 3.63) is 56.4 Å². The maximum atomic E-state index is 12.3. The molecule has 2 amide bonds. The van der Waals surface area contributed by atoms with Crippen molar-refractivity contribution in [2.24, 2.45) is 0 Å². The van der Waals surface area contributed by atoms with E-state index in [1.807, 2.05) is 0 Å². The maximum absolute atomic E-state index is 12.3. The second-order valence-corrected chi connectivity index (χ2v) is 7.79. The fourth-order valence-electron chi connectivity index (χ4n) is 3.28. The molecule has 8 nitrogen and oxygen atoms in total. The number of hydrogen-bond donors (Lipinski definition) is 0. The first kappa shape index (κ1) is 18.4. The molecule has 9 heteroatoms. The molecule has 0 atom stereocenters. The van der Waals surface area contributed by atoms with E-state index in [9.17, 15) is 14.4 Å². The quantitative estimate of drug-likeness (QED) is 0.448. The van der Waals surface area contributed by atoms with Crippen molar-refractivity contribution in [1.29, 1.82) is 0 Å². The number of benzene rings is 1. The number of carbonyl (C=O) groups excluding carboxylic acids is 2. The van der Waals surface area contributed by atoms with Gasteiger partial charge in [-0.1, -0.05) is 36.3 Å². The van der Waals surface area contributed by atoms with Crippen LogP contribution in [-0.2, 0) is 6.42 Å². The van der Waals surface area contributed by atoms with Gasteiger partial charge in [-0.3, -0.25) is 19.3 Å². The van der Waals surface area contributed by atoms with E-state index in [4.69, 9.17) is 0 Å². The zero-order valence-electron chi connectivity index (χ0n) is 15.4. The molecule has 0 saturated heterocycles. The van der Waals surface area contributed by atoms with E-state index >= 15 is 0 Å². The van der Waals surface area contributed by atoms with Crippen LogP contribution in [0.2, 0.25) is 0 Å². The largest absolute Gasteiger partial charge is 0.296 e. The minimum Gasteiger partial charge on any atom is -0.274 e. The predicted molar refractivity (Wildman–Crippen MR) is 104 cm³/mol. The van der Waals surface area contributed by atoms with Crippen LogP contribution in [0.3, 0.4) is 0 Å². The molecule has 0 fully saturated rings. The van der Waals surface area contributed by atoms with Crippen molar-refractivity contribution < 1.29 is 9.59 Å². The Kier molecular flexibility index (Phi) is 4.99. The van der Waals surface area contributed by atoms with Gasteiger partial charge in [0.25, 0.3) is 17.4 Å². The van der Waals surface area contributed by atoms with Gasteiger partial charge in [0.15, 0.2) is 0 Å². The van der Waals surface area contributed by atoms with Gasteiger partial charge in [-0.05, 0) is 31.9 Å². The number of nitrogens with zero attached hydrogens (tertiary/aromatic N) is 5. The standard InChI is InChI=1S/C19H19N5O3S/c1-12-16(25)24-19(21-20-12)28-15(22-24)10-4-2-3-7-11-23-17(26)13-8-5-6-9-14(13)18(23)27/h5-6,8-9H,2-4,7,10-11H2,1H3. The lowest BCUT2D eigenvalue weighted by Crippen LogP contribution is -2.30. The maximum Gasteiger partial charge on any atom is 0.296 e. The smallest absolute Gasteiger partial charge is 0.274 e. The number of aromatic nitrogens is 4. The van der Waals surface area contributed by atoms with Crippen molar-refractivity contribution in [3.63, 3.8) is 0 Å². The molecule has 0 saturated carbocycles. The summed E-state index contributed by atoms with van der Waals surface area (Å²) in [6.45, 7) is 2.06. The van der Waals surface area contributed by atoms with Crippen LogP contribution in [0, 0.1) is 6.92 Å². The van der Waals surface area contributed by atoms with Gasteiger partial charge >= 0.3 is 0 Å². The Morgan fingerprint density at radius 1 is 0.929 bits per heavy atom. The number of fused-ring (bicyclic) bond motifs is 2. The molecule has 1 aromatic carbocycles. The van der Waals surface area contributed by atoms with E-state index < -0.39 is 0 Å². The number of carbonyl (C=O) groups is 2. The van der Waals surface area contributed by atoms with Gasteiger partial charge < -0.3 is 0 Å². The van der Waals surface area contributed by atoms with E-state index in [1.165, 1.54) is 20.8 Å². The van der Waals surface area contributed by atoms with Crippen LogP contribution in [0.5, 0.6) is 0 Å². The summed E-state index contributed by atoms with van der Waals surface area (Å²) in [4.78, 5) is 38.4. The van der Waals surface area contributed by atoms with Crippen molar-refractivity contribution in [2.45, 2.75) is 39.0 Å². The number of hydrogen-bond acceptors (Lipinski definition) is 7. The van der Waals surface area contributed by atoms with Crippen molar-refractivity contribution in [3.8, 4) is 0 Å². The van der Waals surface area contributed by atoms with Crippen LogP contribution in [-0.4, -0.2) is 43.1 Å². The van der Waals surface area contributed by atoms with Crippen molar-refractivity contribution in [2.75, 3.05) is 6.54 Å². The van der Waals surface area contributed by atoms with Crippen molar-refractivity contribution >= 4 is 28.1 Å². The third-order valence-corrected chi connectivity index (χ3v) is 5.75.